The number of rotatable bonds is 4. The molecule has 0 atom stereocenters. The minimum atomic E-state index is 0.0137. The van der Waals surface area contributed by atoms with Crippen molar-refractivity contribution in [3.8, 4) is 5.69 Å². The summed E-state index contributed by atoms with van der Waals surface area (Å²) in [6.45, 7) is 2.12. The molecule has 0 fully saturated rings. The van der Waals surface area contributed by atoms with E-state index in [9.17, 15) is 5.11 Å². The minimum absolute atomic E-state index is 0.0137. The molecule has 0 aliphatic rings. The number of benzene rings is 1. The van der Waals surface area contributed by atoms with Gasteiger partial charge in [0, 0.05) is 11.3 Å². The van der Waals surface area contributed by atoms with Gasteiger partial charge >= 0.3 is 0 Å². The lowest BCUT2D eigenvalue weighted by molar-refractivity contribution is 0.280. The second-order valence-corrected chi connectivity index (χ2v) is 4.30. The molecule has 2 aromatic rings. The van der Waals surface area contributed by atoms with Crippen LogP contribution in [0.1, 0.15) is 24.6 Å². The number of hydrogen-bond acceptors (Lipinski definition) is 2. The molecule has 0 bridgehead atoms. The van der Waals surface area contributed by atoms with Gasteiger partial charge in [-0.3, -0.25) is 0 Å². The fraction of sp³-hybridized carbons (Fsp3) is 0.308. The summed E-state index contributed by atoms with van der Waals surface area (Å²) in [4.78, 5) is 0. The van der Waals surface area contributed by atoms with Crippen LogP contribution in [0.25, 0.3) is 5.69 Å². The first-order valence-electron chi connectivity index (χ1n) is 5.69. The molecule has 0 radical (unpaired) electrons. The fourth-order valence-electron chi connectivity index (χ4n) is 1.87. The zero-order chi connectivity index (χ0) is 12.3. The maximum Gasteiger partial charge on any atom is 0.0835 e. The quantitative estimate of drug-likeness (QED) is 0.906. The smallest absolute Gasteiger partial charge is 0.0835 e. The summed E-state index contributed by atoms with van der Waals surface area (Å²) in [6, 6.07) is 7.58. The van der Waals surface area contributed by atoms with Gasteiger partial charge in [-0.15, -0.1) is 0 Å². The molecule has 90 valence electrons. The normalized spacial score (nSPS) is 10.8. The number of aromatic nitrogens is 2. The first-order valence-corrected chi connectivity index (χ1v) is 6.07. The van der Waals surface area contributed by atoms with E-state index in [2.05, 4.69) is 12.0 Å². The Hall–Kier alpha value is -1.32. The van der Waals surface area contributed by atoms with Gasteiger partial charge in [0.25, 0.3) is 0 Å². The van der Waals surface area contributed by atoms with Gasteiger partial charge in [-0.1, -0.05) is 37.1 Å². The highest BCUT2D eigenvalue weighted by molar-refractivity contribution is 6.32. The maximum absolute atomic E-state index is 9.29. The third-order valence-electron chi connectivity index (χ3n) is 2.69. The van der Waals surface area contributed by atoms with Crippen LogP contribution in [0.4, 0.5) is 0 Å². The van der Waals surface area contributed by atoms with Crippen LogP contribution in [0.15, 0.2) is 30.5 Å². The average molecular weight is 251 g/mol. The van der Waals surface area contributed by atoms with E-state index in [0.29, 0.717) is 5.02 Å². The largest absolute Gasteiger partial charge is 0.392 e. The van der Waals surface area contributed by atoms with Gasteiger partial charge in [0.05, 0.1) is 23.5 Å². The van der Waals surface area contributed by atoms with Crippen molar-refractivity contribution in [1.29, 1.82) is 0 Å². The molecular formula is C13H15ClN2O. The van der Waals surface area contributed by atoms with Crippen molar-refractivity contribution >= 4 is 11.6 Å². The van der Waals surface area contributed by atoms with E-state index in [1.807, 2.05) is 28.9 Å². The van der Waals surface area contributed by atoms with E-state index < -0.39 is 0 Å². The molecule has 0 amide bonds. The highest BCUT2D eigenvalue weighted by atomic mass is 35.5. The van der Waals surface area contributed by atoms with Gasteiger partial charge < -0.3 is 5.11 Å². The second-order valence-electron chi connectivity index (χ2n) is 3.89. The Balaban J connectivity index is 2.52. The van der Waals surface area contributed by atoms with E-state index in [1.54, 1.807) is 6.20 Å². The van der Waals surface area contributed by atoms with Crippen LogP contribution in [0.3, 0.4) is 0 Å². The molecule has 0 aliphatic heterocycles. The number of para-hydroxylation sites is 1. The molecule has 1 aromatic heterocycles. The van der Waals surface area contributed by atoms with E-state index in [1.165, 1.54) is 0 Å². The monoisotopic (exact) mass is 250 g/mol. The van der Waals surface area contributed by atoms with Crippen molar-refractivity contribution in [3.05, 3.63) is 46.7 Å². The highest BCUT2D eigenvalue weighted by Crippen LogP contribution is 2.23. The Morgan fingerprint density at radius 1 is 1.35 bits per heavy atom. The van der Waals surface area contributed by atoms with Crippen LogP contribution < -0.4 is 0 Å². The van der Waals surface area contributed by atoms with Gasteiger partial charge in [-0.05, 0) is 18.6 Å². The number of aliphatic hydroxyl groups is 1. The lowest BCUT2D eigenvalue weighted by Gasteiger charge is -2.09. The lowest BCUT2D eigenvalue weighted by atomic mass is 10.1. The molecule has 0 spiro atoms. The first kappa shape index (κ1) is 12.1. The standard InChI is InChI=1S/C13H15ClN2O/c1-2-5-12-10(9-17)8-15-16(12)13-7-4-3-6-11(13)14/h3-4,6-8,17H,2,5,9H2,1H3. The predicted octanol–water partition coefficient (Wildman–Crippen LogP) is 2.97. The molecule has 2 rings (SSSR count). The zero-order valence-corrected chi connectivity index (χ0v) is 10.5. The third-order valence-corrected chi connectivity index (χ3v) is 3.01. The van der Waals surface area contributed by atoms with Crippen LogP contribution in [0, 0.1) is 0 Å². The molecule has 0 saturated carbocycles. The van der Waals surface area contributed by atoms with Crippen molar-refractivity contribution in [2.75, 3.05) is 0 Å². The van der Waals surface area contributed by atoms with Crippen LogP contribution in [-0.4, -0.2) is 14.9 Å². The molecule has 0 unspecified atom stereocenters. The summed E-state index contributed by atoms with van der Waals surface area (Å²) in [6.07, 6.45) is 3.58. The Bertz CT molecular complexity index is 508. The Kier molecular flexibility index (Phi) is 3.82. The Labute approximate surface area is 106 Å². The van der Waals surface area contributed by atoms with Gasteiger partial charge in [0.15, 0.2) is 0 Å². The first-order chi connectivity index (χ1) is 8.27. The SMILES string of the molecule is CCCc1c(CO)cnn1-c1ccccc1Cl. The maximum atomic E-state index is 9.29. The summed E-state index contributed by atoms with van der Waals surface area (Å²) >= 11 is 6.16. The molecule has 0 saturated heterocycles. The zero-order valence-electron chi connectivity index (χ0n) is 9.73. The number of aliphatic hydroxyl groups excluding tert-OH is 1. The van der Waals surface area contributed by atoms with Crippen LogP contribution in [0.5, 0.6) is 0 Å². The van der Waals surface area contributed by atoms with Crippen molar-refractivity contribution in [2.24, 2.45) is 0 Å². The molecular weight excluding hydrogens is 236 g/mol. The van der Waals surface area contributed by atoms with E-state index in [4.69, 9.17) is 11.6 Å². The van der Waals surface area contributed by atoms with Crippen LogP contribution in [0.2, 0.25) is 5.02 Å². The molecule has 1 N–H and O–H groups in total. The number of halogens is 1. The van der Waals surface area contributed by atoms with Crippen molar-refractivity contribution in [3.63, 3.8) is 0 Å². The van der Waals surface area contributed by atoms with E-state index in [0.717, 1.165) is 29.8 Å². The average Bonchev–Trinajstić information content (AvgIpc) is 2.73. The summed E-state index contributed by atoms with van der Waals surface area (Å²) in [5.41, 5.74) is 2.76. The van der Waals surface area contributed by atoms with Crippen molar-refractivity contribution < 1.29 is 5.11 Å². The van der Waals surface area contributed by atoms with Gasteiger partial charge in [-0.2, -0.15) is 5.10 Å². The predicted molar refractivity (Wildman–Crippen MR) is 68.5 cm³/mol. The van der Waals surface area contributed by atoms with Gasteiger partial charge in [-0.25, -0.2) is 4.68 Å². The van der Waals surface area contributed by atoms with Gasteiger partial charge in [0.1, 0.15) is 0 Å². The summed E-state index contributed by atoms with van der Waals surface area (Å²) in [7, 11) is 0. The Morgan fingerprint density at radius 2 is 2.12 bits per heavy atom. The molecule has 17 heavy (non-hydrogen) atoms. The molecule has 3 nitrogen and oxygen atoms in total. The lowest BCUT2D eigenvalue weighted by Crippen LogP contribution is -2.04. The third kappa shape index (κ3) is 2.35. The second kappa shape index (κ2) is 5.34. The topological polar surface area (TPSA) is 38.1 Å². The van der Waals surface area contributed by atoms with Crippen molar-refractivity contribution in [1.82, 2.24) is 9.78 Å². The van der Waals surface area contributed by atoms with Gasteiger partial charge in [0.2, 0.25) is 0 Å². The molecule has 1 heterocycles. The number of nitrogens with zero attached hydrogens (tertiary/aromatic N) is 2. The van der Waals surface area contributed by atoms with Crippen molar-refractivity contribution in [2.45, 2.75) is 26.4 Å². The minimum Gasteiger partial charge on any atom is -0.392 e. The number of hydrogen-bond donors (Lipinski definition) is 1. The summed E-state index contributed by atoms with van der Waals surface area (Å²) < 4.78 is 1.82. The summed E-state index contributed by atoms with van der Waals surface area (Å²) in [5.74, 6) is 0. The van der Waals surface area contributed by atoms with E-state index in [-0.39, 0.29) is 6.61 Å². The highest BCUT2D eigenvalue weighted by Gasteiger charge is 2.12. The Morgan fingerprint density at radius 3 is 2.76 bits per heavy atom. The summed E-state index contributed by atoms with van der Waals surface area (Å²) in [5, 5.41) is 14.3. The molecule has 4 heteroatoms. The molecule has 1 aromatic carbocycles. The fourth-order valence-corrected chi connectivity index (χ4v) is 2.09. The van der Waals surface area contributed by atoms with E-state index >= 15 is 0 Å². The van der Waals surface area contributed by atoms with Crippen LogP contribution >= 0.6 is 11.6 Å². The molecule has 0 aliphatic carbocycles. The van der Waals surface area contributed by atoms with Crippen LogP contribution in [-0.2, 0) is 13.0 Å².